The number of nitrogens with zero attached hydrogens (tertiary/aromatic N) is 3. The van der Waals surface area contributed by atoms with E-state index in [1.165, 1.54) is 16.7 Å². The van der Waals surface area contributed by atoms with Crippen molar-refractivity contribution in [2.24, 2.45) is 5.92 Å². The predicted octanol–water partition coefficient (Wildman–Crippen LogP) is 5.26. The third kappa shape index (κ3) is 6.73. The molecule has 0 N–H and O–H groups in total. The molecule has 2 heterocycles. The molecule has 0 radical (unpaired) electrons. The summed E-state index contributed by atoms with van der Waals surface area (Å²) in [6.45, 7) is 13.1. The number of allylic oxidation sites excluding steroid dienone is 2. The van der Waals surface area contributed by atoms with Crippen LogP contribution in [0.5, 0.6) is 5.75 Å². The minimum atomic E-state index is -0.312. The van der Waals surface area contributed by atoms with E-state index in [1.807, 2.05) is 13.8 Å². The van der Waals surface area contributed by atoms with Gasteiger partial charge < -0.3 is 14.4 Å². The van der Waals surface area contributed by atoms with Gasteiger partial charge in [0.05, 0.1) is 6.10 Å². The van der Waals surface area contributed by atoms with Gasteiger partial charge in [-0.15, -0.1) is 0 Å². The van der Waals surface area contributed by atoms with Crippen molar-refractivity contribution in [2.45, 2.75) is 46.8 Å². The highest BCUT2D eigenvalue weighted by atomic mass is 16.5. The second-order valence-corrected chi connectivity index (χ2v) is 9.87. The Hall–Kier alpha value is -3.12. The molecular formula is C29H37N3O3. The highest BCUT2D eigenvalue weighted by molar-refractivity contribution is 5.94. The molecule has 1 unspecified atom stereocenters. The normalized spacial score (nSPS) is 18.8. The Balaban J connectivity index is 1.28. The number of esters is 1. The molecule has 1 aromatic carbocycles. The summed E-state index contributed by atoms with van der Waals surface area (Å²) in [6.07, 6.45) is 7.17. The van der Waals surface area contributed by atoms with Gasteiger partial charge in [0.25, 0.3) is 0 Å². The van der Waals surface area contributed by atoms with Crippen LogP contribution < -0.4 is 9.64 Å². The topological polar surface area (TPSA) is 54.9 Å². The summed E-state index contributed by atoms with van der Waals surface area (Å²) in [5.41, 5.74) is 4.52. The van der Waals surface area contributed by atoms with Crippen molar-refractivity contribution in [3.8, 4) is 5.75 Å². The first-order chi connectivity index (χ1) is 16.9. The first-order valence-electron chi connectivity index (χ1n) is 12.6. The number of hydrogen-bond donors (Lipinski definition) is 0. The van der Waals surface area contributed by atoms with Gasteiger partial charge in [0.15, 0.2) is 0 Å². The molecule has 0 saturated carbocycles. The third-order valence-electron chi connectivity index (χ3n) is 6.55. The van der Waals surface area contributed by atoms with Gasteiger partial charge in [-0.1, -0.05) is 36.8 Å². The van der Waals surface area contributed by atoms with Crippen LogP contribution in [-0.2, 0) is 11.3 Å². The molecule has 1 aliphatic carbocycles. The van der Waals surface area contributed by atoms with Gasteiger partial charge in [-0.3, -0.25) is 4.90 Å². The molecule has 2 aliphatic rings. The van der Waals surface area contributed by atoms with Gasteiger partial charge in [-0.25, -0.2) is 9.78 Å². The Morgan fingerprint density at radius 1 is 1.11 bits per heavy atom. The predicted molar refractivity (Wildman–Crippen MR) is 140 cm³/mol. The van der Waals surface area contributed by atoms with Crippen LogP contribution in [0.15, 0.2) is 65.9 Å². The number of benzene rings is 1. The monoisotopic (exact) mass is 475 g/mol. The zero-order valence-electron chi connectivity index (χ0n) is 21.4. The molecule has 0 bridgehead atoms. The summed E-state index contributed by atoms with van der Waals surface area (Å²) in [5.74, 6) is 1.93. The highest BCUT2D eigenvalue weighted by Crippen LogP contribution is 2.24. The fraction of sp³-hybridized carbons (Fsp3) is 0.448. The van der Waals surface area contributed by atoms with E-state index >= 15 is 0 Å². The number of rotatable bonds is 8. The van der Waals surface area contributed by atoms with Gasteiger partial charge in [-0.05, 0) is 68.5 Å². The largest absolute Gasteiger partial charge is 0.489 e. The van der Waals surface area contributed by atoms with Crippen molar-refractivity contribution in [2.75, 3.05) is 37.7 Å². The molecule has 6 nitrogen and oxygen atoms in total. The van der Waals surface area contributed by atoms with Crippen LogP contribution in [0.2, 0.25) is 0 Å². The van der Waals surface area contributed by atoms with E-state index < -0.39 is 0 Å². The van der Waals surface area contributed by atoms with E-state index in [0.717, 1.165) is 44.9 Å². The lowest BCUT2D eigenvalue weighted by molar-refractivity contribution is 0.0378. The molecule has 0 spiro atoms. The van der Waals surface area contributed by atoms with E-state index in [1.54, 1.807) is 18.3 Å². The van der Waals surface area contributed by atoms with Crippen molar-refractivity contribution in [3.05, 3.63) is 77.0 Å². The molecule has 2 aromatic rings. The minimum absolute atomic E-state index is 0.154. The molecule has 1 saturated heterocycles. The number of pyridine rings is 1. The Kier molecular flexibility index (Phi) is 8.24. The summed E-state index contributed by atoms with van der Waals surface area (Å²) in [6, 6.07) is 12.0. The Morgan fingerprint density at radius 3 is 2.54 bits per heavy atom. The maximum atomic E-state index is 12.5. The van der Waals surface area contributed by atoms with Crippen LogP contribution in [0.25, 0.3) is 0 Å². The lowest BCUT2D eigenvalue weighted by atomic mass is 9.92. The van der Waals surface area contributed by atoms with Crippen LogP contribution in [0.4, 0.5) is 5.82 Å². The van der Waals surface area contributed by atoms with Crippen LogP contribution >= 0.6 is 0 Å². The molecule has 1 atom stereocenters. The van der Waals surface area contributed by atoms with Crippen LogP contribution in [0, 0.1) is 5.92 Å². The molecule has 0 amide bonds. The van der Waals surface area contributed by atoms with Gasteiger partial charge in [0.1, 0.15) is 23.7 Å². The summed E-state index contributed by atoms with van der Waals surface area (Å²) in [7, 11) is 0. The standard InChI is InChI=1S/C29H37N3O3/c1-21(2)35-29(33)27-6-5-13-30-28(27)32-16-14-31(15-17-32)19-24-8-11-26(12-9-24)34-20-25-10-7-22(3)18-23(25)4/h5-13,21-22H,14-20H2,1-4H3. The van der Waals surface area contributed by atoms with E-state index in [-0.39, 0.29) is 12.1 Å². The molecule has 1 fully saturated rings. The summed E-state index contributed by atoms with van der Waals surface area (Å²) in [5, 5.41) is 0. The zero-order valence-corrected chi connectivity index (χ0v) is 21.4. The van der Waals surface area contributed by atoms with Crippen molar-refractivity contribution in [1.82, 2.24) is 9.88 Å². The summed E-state index contributed by atoms with van der Waals surface area (Å²) < 4.78 is 11.4. The van der Waals surface area contributed by atoms with Crippen molar-refractivity contribution < 1.29 is 14.3 Å². The second-order valence-electron chi connectivity index (χ2n) is 9.87. The van der Waals surface area contributed by atoms with Crippen molar-refractivity contribution in [3.63, 3.8) is 0 Å². The molecular weight excluding hydrogens is 438 g/mol. The van der Waals surface area contributed by atoms with Gasteiger partial charge >= 0.3 is 5.97 Å². The Labute approximate surface area is 209 Å². The van der Waals surface area contributed by atoms with Crippen molar-refractivity contribution >= 4 is 11.8 Å². The van der Waals surface area contributed by atoms with Gasteiger partial charge in [0, 0.05) is 38.9 Å². The van der Waals surface area contributed by atoms with E-state index in [9.17, 15) is 4.79 Å². The van der Waals surface area contributed by atoms with Crippen LogP contribution in [0.3, 0.4) is 0 Å². The average Bonchev–Trinajstić information content (AvgIpc) is 2.84. The molecule has 1 aliphatic heterocycles. The number of ether oxygens (including phenoxy) is 2. The van der Waals surface area contributed by atoms with Gasteiger partial charge in [0.2, 0.25) is 0 Å². The quantitative estimate of drug-likeness (QED) is 0.486. The van der Waals surface area contributed by atoms with E-state index in [2.05, 4.69) is 65.0 Å². The molecule has 6 heteroatoms. The fourth-order valence-corrected chi connectivity index (χ4v) is 4.59. The number of carbonyl (C=O) groups excluding carboxylic acids is 1. The first kappa shape index (κ1) is 25.0. The van der Waals surface area contributed by atoms with E-state index in [4.69, 9.17) is 9.47 Å². The Bertz CT molecular complexity index is 1070. The average molecular weight is 476 g/mol. The highest BCUT2D eigenvalue weighted by Gasteiger charge is 2.23. The van der Waals surface area contributed by atoms with Crippen molar-refractivity contribution in [1.29, 1.82) is 0 Å². The van der Waals surface area contributed by atoms with E-state index in [0.29, 0.717) is 23.9 Å². The van der Waals surface area contributed by atoms with Gasteiger partial charge in [-0.2, -0.15) is 0 Å². The number of anilines is 1. The second kappa shape index (κ2) is 11.5. The maximum absolute atomic E-state index is 12.5. The Morgan fingerprint density at radius 2 is 1.86 bits per heavy atom. The van der Waals surface area contributed by atoms with Crippen LogP contribution in [0.1, 0.15) is 50.0 Å². The lowest BCUT2D eigenvalue weighted by Crippen LogP contribution is -2.46. The number of aromatic nitrogens is 1. The van der Waals surface area contributed by atoms with Crippen LogP contribution in [-0.4, -0.2) is 54.7 Å². The number of piperazine rings is 1. The third-order valence-corrected chi connectivity index (χ3v) is 6.55. The number of hydrogen-bond acceptors (Lipinski definition) is 6. The fourth-order valence-electron chi connectivity index (χ4n) is 4.59. The first-order valence-corrected chi connectivity index (χ1v) is 12.6. The summed E-state index contributed by atoms with van der Waals surface area (Å²) >= 11 is 0. The molecule has 35 heavy (non-hydrogen) atoms. The number of carbonyl (C=O) groups is 1. The minimum Gasteiger partial charge on any atom is -0.489 e. The molecule has 1 aromatic heterocycles. The molecule has 186 valence electrons. The zero-order chi connectivity index (χ0) is 24.8. The lowest BCUT2D eigenvalue weighted by Gasteiger charge is -2.36. The maximum Gasteiger partial charge on any atom is 0.342 e. The summed E-state index contributed by atoms with van der Waals surface area (Å²) in [4.78, 5) is 21.6. The SMILES string of the molecule is CC1=C(COc2ccc(CN3CCN(c4ncccc4C(=O)OC(C)C)CC3)cc2)C=CC(C)C1. The smallest absolute Gasteiger partial charge is 0.342 e. The molecule has 4 rings (SSSR count).